The summed E-state index contributed by atoms with van der Waals surface area (Å²) >= 11 is 3.00. The molecular formula is C28H30FN5O4S2. The van der Waals surface area contributed by atoms with Crippen molar-refractivity contribution in [3.63, 3.8) is 0 Å². The average molecular weight is 584 g/mol. The van der Waals surface area contributed by atoms with Crippen molar-refractivity contribution < 1.29 is 23.5 Å². The van der Waals surface area contributed by atoms with Gasteiger partial charge in [-0.25, -0.2) is 4.39 Å². The number of nitrogens with zero attached hydrogens (tertiary/aromatic N) is 1. The van der Waals surface area contributed by atoms with Crippen molar-refractivity contribution in [1.82, 2.24) is 15.5 Å². The van der Waals surface area contributed by atoms with Crippen LogP contribution in [0.1, 0.15) is 40.2 Å². The van der Waals surface area contributed by atoms with Gasteiger partial charge >= 0.3 is 0 Å². The van der Waals surface area contributed by atoms with E-state index in [4.69, 9.17) is 15.9 Å². The summed E-state index contributed by atoms with van der Waals surface area (Å²) in [6.07, 6.45) is 2.45. The second kappa shape index (κ2) is 13.0. The second-order valence-corrected chi connectivity index (χ2v) is 11.4. The summed E-state index contributed by atoms with van der Waals surface area (Å²) in [5.41, 5.74) is 6.49. The summed E-state index contributed by atoms with van der Waals surface area (Å²) in [5, 5.41) is 15.1. The molecular weight excluding hydrogens is 553 g/mol. The molecule has 0 radical (unpaired) electrons. The largest absolute Gasteiger partial charge is 0.457 e. The Morgan fingerprint density at radius 1 is 1.15 bits per heavy atom. The van der Waals surface area contributed by atoms with E-state index < -0.39 is 11.9 Å². The molecule has 1 aliphatic heterocycles. The van der Waals surface area contributed by atoms with Crippen molar-refractivity contribution in [1.29, 1.82) is 5.41 Å². The molecule has 4 rings (SSSR count). The maximum atomic E-state index is 13.2. The number of amidine groups is 1. The molecule has 40 heavy (non-hydrogen) atoms. The van der Waals surface area contributed by atoms with Gasteiger partial charge in [-0.1, -0.05) is 0 Å². The highest BCUT2D eigenvalue weighted by Gasteiger charge is 2.39. The van der Waals surface area contributed by atoms with E-state index in [9.17, 15) is 18.8 Å². The molecule has 1 aliphatic rings. The van der Waals surface area contributed by atoms with Gasteiger partial charge in [-0.2, -0.15) is 11.8 Å². The van der Waals surface area contributed by atoms with Gasteiger partial charge in [0, 0.05) is 33.2 Å². The Bertz CT molecular complexity index is 1380. The molecule has 0 saturated carbocycles. The van der Waals surface area contributed by atoms with E-state index in [2.05, 4.69) is 10.6 Å². The van der Waals surface area contributed by atoms with Crippen LogP contribution in [0.3, 0.4) is 0 Å². The Morgan fingerprint density at radius 2 is 1.80 bits per heavy atom. The Hall–Kier alpha value is -3.90. The standard InChI is InChI=1S/C28H30FN5O4S2/c1-16(24-11-18(15-40-24)26(30)31)33-28(37)23-12-22(39-2)14-34(23)25(35)13-32-27(36)17-3-7-20(8-4-17)38-21-9-5-19(29)6-10-21/h3-11,15-16,22-23H,12-14H2,1-2H3,(H3,30,31)(H,32,36)(H,33,37)/t16-,22-,23+/m1/s1. The minimum atomic E-state index is -0.653. The van der Waals surface area contributed by atoms with Crippen LogP contribution in [0.4, 0.5) is 4.39 Å². The molecule has 12 heteroatoms. The van der Waals surface area contributed by atoms with Gasteiger partial charge in [0.25, 0.3) is 5.91 Å². The first-order valence-corrected chi connectivity index (χ1v) is 14.7. The van der Waals surface area contributed by atoms with Gasteiger partial charge in [0.2, 0.25) is 11.8 Å². The number of halogens is 1. The molecule has 3 amide bonds. The number of thiophene rings is 1. The first-order valence-electron chi connectivity index (χ1n) is 12.5. The van der Waals surface area contributed by atoms with E-state index in [1.165, 1.54) is 40.5 Å². The zero-order valence-corrected chi connectivity index (χ0v) is 23.6. The number of nitrogens with one attached hydrogen (secondary N) is 3. The van der Waals surface area contributed by atoms with Gasteiger partial charge in [0.15, 0.2) is 0 Å². The molecule has 2 heterocycles. The van der Waals surface area contributed by atoms with Crippen LogP contribution in [0.25, 0.3) is 0 Å². The molecule has 5 N–H and O–H groups in total. The first kappa shape index (κ1) is 29.1. The lowest BCUT2D eigenvalue weighted by Gasteiger charge is -2.25. The van der Waals surface area contributed by atoms with Crippen LogP contribution in [-0.4, -0.2) is 59.1 Å². The molecule has 0 spiro atoms. The maximum absolute atomic E-state index is 13.2. The van der Waals surface area contributed by atoms with Gasteiger partial charge in [-0.05, 0) is 74.2 Å². The SMILES string of the molecule is CS[C@@H]1C[C@@H](C(=O)N[C@H](C)c2cc(C(=N)N)cs2)N(C(=O)CNC(=O)c2ccc(Oc3ccc(F)cc3)cc2)C1. The summed E-state index contributed by atoms with van der Waals surface area (Å²) in [7, 11) is 0. The number of carbonyl (C=O) groups is 3. The van der Waals surface area contributed by atoms with Gasteiger partial charge in [-0.15, -0.1) is 11.3 Å². The van der Waals surface area contributed by atoms with E-state index in [0.29, 0.717) is 35.6 Å². The summed E-state index contributed by atoms with van der Waals surface area (Å²) in [6, 6.07) is 12.7. The molecule has 0 unspecified atom stereocenters. The molecule has 1 saturated heterocycles. The minimum absolute atomic E-state index is 0.0345. The van der Waals surface area contributed by atoms with Gasteiger partial charge in [0.05, 0.1) is 12.6 Å². The number of carbonyl (C=O) groups excluding carboxylic acids is 3. The fourth-order valence-electron chi connectivity index (χ4n) is 4.27. The number of thioether (sulfide) groups is 1. The summed E-state index contributed by atoms with van der Waals surface area (Å²) in [5.74, 6) is -0.508. The van der Waals surface area contributed by atoms with Crippen molar-refractivity contribution in [2.45, 2.75) is 30.7 Å². The normalized spacial score (nSPS) is 17.2. The number of nitrogens with two attached hydrogens (primary N) is 1. The first-order chi connectivity index (χ1) is 19.1. The molecule has 210 valence electrons. The number of hydrogen-bond donors (Lipinski definition) is 4. The summed E-state index contributed by atoms with van der Waals surface area (Å²) in [6.45, 7) is 2.00. The lowest BCUT2D eigenvalue weighted by atomic mass is 10.1. The molecule has 1 aromatic heterocycles. The van der Waals surface area contributed by atoms with E-state index >= 15 is 0 Å². The molecule has 9 nitrogen and oxygen atoms in total. The zero-order valence-electron chi connectivity index (χ0n) is 22.0. The number of ether oxygens (including phenoxy) is 1. The molecule has 0 bridgehead atoms. The Labute approximate surface area is 239 Å². The van der Waals surface area contributed by atoms with E-state index in [1.807, 2.05) is 13.2 Å². The fraction of sp³-hybridized carbons (Fsp3) is 0.286. The smallest absolute Gasteiger partial charge is 0.251 e. The van der Waals surface area contributed by atoms with Crippen LogP contribution in [0.2, 0.25) is 0 Å². The third-order valence-electron chi connectivity index (χ3n) is 6.50. The van der Waals surface area contributed by atoms with Crippen molar-refractivity contribution in [3.8, 4) is 11.5 Å². The van der Waals surface area contributed by atoms with Crippen LogP contribution < -0.4 is 21.1 Å². The van der Waals surface area contributed by atoms with Crippen LogP contribution >= 0.6 is 23.1 Å². The number of likely N-dealkylation sites (tertiary alicyclic amines) is 1. The van der Waals surface area contributed by atoms with Crippen LogP contribution in [0.15, 0.2) is 60.0 Å². The predicted molar refractivity (Wildman–Crippen MR) is 155 cm³/mol. The number of rotatable bonds is 10. The molecule has 2 aromatic carbocycles. The Kier molecular flexibility index (Phi) is 9.43. The third-order valence-corrected chi connectivity index (χ3v) is 8.62. The average Bonchev–Trinajstić information content (AvgIpc) is 3.62. The van der Waals surface area contributed by atoms with E-state index in [0.717, 1.165) is 4.88 Å². The Balaban J connectivity index is 1.33. The molecule has 0 aliphatic carbocycles. The van der Waals surface area contributed by atoms with Crippen molar-refractivity contribution in [3.05, 3.63) is 81.8 Å². The number of hydrogen-bond acceptors (Lipinski definition) is 7. The van der Waals surface area contributed by atoms with Crippen molar-refractivity contribution in [2.24, 2.45) is 5.73 Å². The van der Waals surface area contributed by atoms with Crippen LogP contribution in [-0.2, 0) is 9.59 Å². The number of amides is 3. The van der Waals surface area contributed by atoms with E-state index in [1.54, 1.807) is 47.5 Å². The predicted octanol–water partition coefficient (Wildman–Crippen LogP) is 3.90. The summed E-state index contributed by atoms with van der Waals surface area (Å²) < 4.78 is 18.7. The highest BCUT2D eigenvalue weighted by molar-refractivity contribution is 7.99. The highest BCUT2D eigenvalue weighted by atomic mass is 32.2. The van der Waals surface area contributed by atoms with Crippen LogP contribution in [0.5, 0.6) is 11.5 Å². The van der Waals surface area contributed by atoms with Gasteiger partial charge in [0.1, 0.15) is 29.2 Å². The van der Waals surface area contributed by atoms with Crippen molar-refractivity contribution in [2.75, 3.05) is 19.3 Å². The third kappa shape index (κ3) is 7.19. The second-order valence-electron chi connectivity index (χ2n) is 9.30. The number of benzene rings is 2. The Morgan fingerprint density at radius 3 is 2.40 bits per heavy atom. The fourth-order valence-corrected chi connectivity index (χ4v) is 5.87. The highest BCUT2D eigenvalue weighted by Crippen LogP contribution is 2.28. The van der Waals surface area contributed by atoms with Gasteiger partial charge in [-0.3, -0.25) is 19.8 Å². The monoisotopic (exact) mass is 583 g/mol. The van der Waals surface area contributed by atoms with E-state index in [-0.39, 0.29) is 41.3 Å². The van der Waals surface area contributed by atoms with Gasteiger partial charge < -0.3 is 26.0 Å². The van der Waals surface area contributed by atoms with Crippen molar-refractivity contribution >= 4 is 46.7 Å². The summed E-state index contributed by atoms with van der Waals surface area (Å²) in [4.78, 5) is 41.4. The lowest BCUT2D eigenvalue weighted by molar-refractivity contribution is -0.137. The topological polar surface area (TPSA) is 138 Å². The maximum Gasteiger partial charge on any atom is 0.251 e. The minimum Gasteiger partial charge on any atom is -0.457 e. The molecule has 3 atom stereocenters. The zero-order chi connectivity index (χ0) is 28.8. The van der Waals surface area contributed by atoms with Crippen LogP contribution in [0, 0.1) is 11.2 Å². The molecule has 3 aromatic rings. The quantitative estimate of drug-likeness (QED) is 0.211. The molecule has 1 fully saturated rings. The number of nitrogen functional groups attached to an aromatic ring is 1. The lowest BCUT2D eigenvalue weighted by Crippen LogP contribution is -2.49.